The van der Waals surface area contributed by atoms with E-state index in [0.717, 1.165) is 36.6 Å². The number of likely N-dealkylation sites (tertiary alicyclic amines) is 1. The van der Waals surface area contributed by atoms with Crippen LogP contribution in [-0.2, 0) is 6.54 Å². The lowest BCUT2D eigenvalue weighted by atomic mass is 10.1. The summed E-state index contributed by atoms with van der Waals surface area (Å²) in [6.45, 7) is 4.28. The Morgan fingerprint density at radius 3 is 2.39 bits per heavy atom. The Hall–Kier alpha value is -3.31. The number of aromatic hydroxyl groups is 1. The van der Waals surface area contributed by atoms with Crippen LogP contribution in [0.25, 0.3) is 0 Å². The molecule has 0 spiro atoms. The summed E-state index contributed by atoms with van der Waals surface area (Å²) in [7, 11) is 0. The van der Waals surface area contributed by atoms with Crippen molar-refractivity contribution in [1.29, 1.82) is 0 Å². The minimum Gasteiger partial charge on any atom is -0.508 e. The van der Waals surface area contributed by atoms with Gasteiger partial charge in [0, 0.05) is 17.8 Å². The summed E-state index contributed by atoms with van der Waals surface area (Å²) >= 11 is 0. The highest BCUT2D eigenvalue weighted by atomic mass is 16.5. The Kier molecular flexibility index (Phi) is 6.85. The van der Waals surface area contributed by atoms with E-state index in [1.807, 2.05) is 60.7 Å². The summed E-state index contributed by atoms with van der Waals surface area (Å²) in [5.74, 6) is 0.894. The van der Waals surface area contributed by atoms with Crippen molar-refractivity contribution < 1.29 is 14.6 Å². The van der Waals surface area contributed by atoms with Gasteiger partial charge in [-0.1, -0.05) is 30.3 Å². The Morgan fingerprint density at radius 2 is 1.68 bits per heavy atom. The molecule has 0 unspecified atom stereocenters. The molecule has 1 amide bonds. The fourth-order valence-corrected chi connectivity index (χ4v) is 3.88. The molecule has 1 saturated heterocycles. The van der Waals surface area contributed by atoms with Crippen LogP contribution >= 0.6 is 0 Å². The van der Waals surface area contributed by atoms with E-state index >= 15 is 0 Å². The van der Waals surface area contributed by atoms with Gasteiger partial charge in [0.25, 0.3) is 5.91 Å². The maximum Gasteiger partial charge on any atom is 0.258 e. The van der Waals surface area contributed by atoms with Crippen molar-refractivity contribution in [1.82, 2.24) is 4.90 Å². The van der Waals surface area contributed by atoms with E-state index in [0.29, 0.717) is 18.7 Å². The van der Waals surface area contributed by atoms with E-state index in [-0.39, 0.29) is 11.7 Å². The zero-order chi connectivity index (χ0) is 21.5. The van der Waals surface area contributed by atoms with Crippen molar-refractivity contribution in [3.05, 3.63) is 90.0 Å². The lowest BCUT2D eigenvalue weighted by Crippen LogP contribution is -2.30. The zero-order valence-electron chi connectivity index (χ0n) is 17.6. The number of anilines is 1. The van der Waals surface area contributed by atoms with E-state index in [1.54, 1.807) is 23.1 Å². The fourth-order valence-electron chi connectivity index (χ4n) is 3.88. The van der Waals surface area contributed by atoms with Gasteiger partial charge in [0.2, 0.25) is 0 Å². The van der Waals surface area contributed by atoms with E-state index in [2.05, 4.69) is 4.90 Å². The molecule has 3 aromatic carbocycles. The fraction of sp³-hybridized carbons (Fsp3) is 0.269. The summed E-state index contributed by atoms with van der Waals surface area (Å²) in [4.78, 5) is 17.4. The molecule has 4 rings (SSSR count). The molecular formula is C26H28N2O3. The third-order valence-corrected chi connectivity index (χ3v) is 5.54. The van der Waals surface area contributed by atoms with Gasteiger partial charge in [-0.25, -0.2) is 0 Å². The summed E-state index contributed by atoms with van der Waals surface area (Å²) in [6.07, 6.45) is 2.55. The Bertz CT molecular complexity index is 983. The molecule has 1 heterocycles. The molecule has 0 atom stereocenters. The molecular weight excluding hydrogens is 388 g/mol. The summed E-state index contributed by atoms with van der Waals surface area (Å²) in [6, 6.07) is 23.9. The molecule has 0 saturated carbocycles. The van der Waals surface area contributed by atoms with Gasteiger partial charge in [-0.3, -0.25) is 9.69 Å². The quantitative estimate of drug-likeness (QED) is 0.578. The number of rotatable bonds is 8. The molecule has 3 aromatic rings. The van der Waals surface area contributed by atoms with Gasteiger partial charge in [-0.2, -0.15) is 0 Å². The molecule has 0 aliphatic carbocycles. The van der Waals surface area contributed by atoms with Gasteiger partial charge in [0.15, 0.2) is 0 Å². The Balaban J connectivity index is 1.49. The summed E-state index contributed by atoms with van der Waals surface area (Å²) in [5, 5.41) is 9.83. The van der Waals surface area contributed by atoms with Gasteiger partial charge >= 0.3 is 0 Å². The summed E-state index contributed by atoms with van der Waals surface area (Å²) < 4.78 is 5.90. The number of phenolic OH excluding ortho intramolecular Hbond substituents is 1. The zero-order valence-corrected chi connectivity index (χ0v) is 17.6. The van der Waals surface area contributed by atoms with Crippen molar-refractivity contribution in [2.75, 3.05) is 31.1 Å². The molecule has 0 bridgehead atoms. The topological polar surface area (TPSA) is 53.0 Å². The van der Waals surface area contributed by atoms with Crippen LogP contribution in [0.5, 0.6) is 11.5 Å². The normalized spacial score (nSPS) is 13.8. The number of nitrogens with zero attached hydrogens (tertiary/aromatic N) is 2. The number of carbonyl (C=O) groups is 1. The Labute approximate surface area is 183 Å². The third kappa shape index (κ3) is 5.64. The predicted molar refractivity (Wildman–Crippen MR) is 123 cm³/mol. The summed E-state index contributed by atoms with van der Waals surface area (Å²) in [5.41, 5.74) is 2.26. The molecule has 5 nitrogen and oxygen atoms in total. The van der Waals surface area contributed by atoms with Crippen LogP contribution in [0.4, 0.5) is 5.69 Å². The van der Waals surface area contributed by atoms with E-state index < -0.39 is 0 Å². The number of benzene rings is 3. The molecule has 5 heteroatoms. The highest BCUT2D eigenvalue weighted by Crippen LogP contribution is 2.24. The van der Waals surface area contributed by atoms with Gasteiger partial charge in [0.05, 0.1) is 6.54 Å². The Morgan fingerprint density at radius 1 is 0.935 bits per heavy atom. The van der Waals surface area contributed by atoms with Crippen LogP contribution in [-0.4, -0.2) is 42.2 Å². The van der Waals surface area contributed by atoms with Gasteiger partial charge in [-0.15, -0.1) is 0 Å². The largest absolute Gasteiger partial charge is 0.508 e. The average Bonchev–Trinajstić information content (AvgIpc) is 3.32. The smallest absolute Gasteiger partial charge is 0.258 e. The van der Waals surface area contributed by atoms with Gasteiger partial charge in [0.1, 0.15) is 18.1 Å². The highest BCUT2D eigenvalue weighted by molar-refractivity contribution is 6.06. The predicted octanol–water partition coefficient (Wildman–Crippen LogP) is 4.71. The van der Waals surface area contributed by atoms with Gasteiger partial charge in [-0.05, 0) is 80.0 Å². The van der Waals surface area contributed by atoms with E-state index in [1.165, 1.54) is 12.8 Å². The second-order valence-corrected chi connectivity index (χ2v) is 7.82. The van der Waals surface area contributed by atoms with E-state index in [9.17, 15) is 9.90 Å². The molecule has 0 aromatic heterocycles. The number of carbonyl (C=O) groups excluding carboxylic acids is 1. The minimum absolute atomic E-state index is 0.0911. The molecule has 1 N–H and O–H groups in total. The molecule has 31 heavy (non-hydrogen) atoms. The van der Waals surface area contributed by atoms with Crippen molar-refractivity contribution >= 4 is 11.6 Å². The first-order chi connectivity index (χ1) is 15.2. The minimum atomic E-state index is -0.0911. The maximum atomic E-state index is 13.3. The van der Waals surface area contributed by atoms with Crippen molar-refractivity contribution in [2.24, 2.45) is 0 Å². The molecule has 160 valence electrons. The number of ether oxygens (including phenoxy) is 1. The van der Waals surface area contributed by atoms with E-state index in [4.69, 9.17) is 4.74 Å². The van der Waals surface area contributed by atoms with Crippen molar-refractivity contribution in [3.63, 3.8) is 0 Å². The average molecular weight is 417 g/mol. The first-order valence-corrected chi connectivity index (χ1v) is 10.8. The maximum absolute atomic E-state index is 13.3. The first kappa shape index (κ1) is 20.9. The number of hydrogen-bond acceptors (Lipinski definition) is 4. The van der Waals surface area contributed by atoms with Crippen LogP contribution in [0.3, 0.4) is 0 Å². The van der Waals surface area contributed by atoms with Crippen LogP contribution in [0, 0.1) is 0 Å². The van der Waals surface area contributed by atoms with Crippen LogP contribution in [0.2, 0.25) is 0 Å². The van der Waals surface area contributed by atoms with Crippen LogP contribution < -0.4 is 9.64 Å². The van der Waals surface area contributed by atoms with Crippen molar-refractivity contribution in [3.8, 4) is 11.5 Å². The lowest BCUT2D eigenvalue weighted by Gasteiger charge is -2.24. The second-order valence-electron chi connectivity index (χ2n) is 7.82. The molecule has 1 fully saturated rings. The van der Waals surface area contributed by atoms with Gasteiger partial charge < -0.3 is 14.7 Å². The second kappa shape index (κ2) is 10.1. The number of hydrogen-bond donors (Lipinski definition) is 1. The SMILES string of the molecule is O=C(c1ccccc1)N(Cc1cccc(O)c1)c1ccc(OCCN2CCCC2)cc1. The van der Waals surface area contributed by atoms with Crippen LogP contribution in [0.1, 0.15) is 28.8 Å². The number of amides is 1. The standard InChI is InChI=1S/C26H28N2O3/c29-24-10-6-7-21(19-24)20-28(26(30)22-8-2-1-3-9-22)23-11-13-25(14-12-23)31-18-17-27-15-4-5-16-27/h1-3,6-14,19,29H,4-5,15-18,20H2. The highest BCUT2D eigenvalue weighted by Gasteiger charge is 2.18. The van der Waals surface area contributed by atoms with Crippen LogP contribution in [0.15, 0.2) is 78.9 Å². The number of phenols is 1. The third-order valence-electron chi connectivity index (χ3n) is 5.54. The first-order valence-electron chi connectivity index (χ1n) is 10.8. The molecule has 0 radical (unpaired) electrons. The molecule has 1 aliphatic heterocycles. The molecule has 1 aliphatic rings. The van der Waals surface area contributed by atoms with Crippen molar-refractivity contribution in [2.45, 2.75) is 19.4 Å². The lowest BCUT2D eigenvalue weighted by molar-refractivity contribution is 0.0985. The monoisotopic (exact) mass is 416 g/mol.